The lowest BCUT2D eigenvalue weighted by molar-refractivity contribution is 0.162. The molecule has 1 N–H and O–H groups in total. The van der Waals surface area contributed by atoms with E-state index in [1.54, 1.807) is 7.11 Å². The number of methoxy groups -OCH3 is 1. The third-order valence-corrected chi connectivity index (χ3v) is 5.32. The number of hydrogen-bond donors (Lipinski definition) is 1. The predicted octanol–water partition coefficient (Wildman–Crippen LogP) is 4.83. The molecule has 21 heavy (non-hydrogen) atoms. The summed E-state index contributed by atoms with van der Waals surface area (Å²) in [6, 6.07) is 6.26. The number of benzene rings is 1. The fourth-order valence-electron chi connectivity index (χ4n) is 3.31. The molecule has 0 atom stereocenters. The van der Waals surface area contributed by atoms with Gasteiger partial charge in [0, 0.05) is 29.7 Å². The molecule has 0 aromatic heterocycles. The Morgan fingerprint density at radius 2 is 2.05 bits per heavy atom. The van der Waals surface area contributed by atoms with Crippen molar-refractivity contribution in [3.8, 4) is 0 Å². The maximum atomic E-state index is 6.42. The topological polar surface area (TPSA) is 21.3 Å². The zero-order chi connectivity index (χ0) is 15.1. The first-order valence-corrected chi connectivity index (χ1v) is 8.96. The largest absolute Gasteiger partial charge is 0.383 e. The minimum atomic E-state index is 0.351. The van der Waals surface area contributed by atoms with Gasteiger partial charge in [-0.2, -0.15) is 0 Å². The van der Waals surface area contributed by atoms with Gasteiger partial charge < -0.3 is 10.1 Å². The zero-order valence-corrected chi connectivity index (χ0v) is 15.1. The lowest BCUT2D eigenvalue weighted by Gasteiger charge is -2.38. The molecular formula is C17H25BrClNO. The molecule has 1 fully saturated rings. The van der Waals surface area contributed by atoms with Crippen LogP contribution in [0.1, 0.15) is 37.7 Å². The Hall–Kier alpha value is -0.0900. The molecule has 118 valence electrons. The molecule has 1 aromatic carbocycles. The molecule has 1 aromatic rings. The van der Waals surface area contributed by atoms with Gasteiger partial charge in [0.25, 0.3) is 0 Å². The van der Waals surface area contributed by atoms with E-state index in [0.717, 1.165) is 35.6 Å². The van der Waals surface area contributed by atoms with Gasteiger partial charge in [0.1, 0.15) is 0 Å². The van der Waals surface area contributed by atoms with Crippen molar-refractivity contribution in [1.82, 2.24) is 5.32 Å². The first-order chi connectivity index (χ1) is 10.2. The van der Waals surface area contributed by atoms with Gasteiger partial charge in [0.15, 0.2) is 0 Å². The number of halogens is 2. The normalized spacial score (nSPS) is 17.9. The van der Waals surface area contributed by atoms with Crippen LogP contribution in [-0.2, 0) is 11.2 Å². The molecule has 0 spiro atoms. The quantitative estimate of drug-likeness (QED) is 0.690. The molecule has 1 aliphatic rings. The second-order valence-electron chi connectivity index (χ2n) is 6.14. The Balaban J connectivity index is 2.04. The average molecular weight is 375 g/mol. The van der Waals surface area contributed by atoms with E-state index in [0.29, 0.717) is 5.41 Å². The monoisotopic (exact) mass is 373 g/mol. The van der Waals surface area contributed by atoms with Crippen LogP contribution >= 0.6 is 27.5 Å². The van der Waals surface area contributed by atoms with Crippen LogP contribution in [0.3, 0.4) is 0 Å². The van der Waals surface area contributed by atoms with Crippen LogP contribution in [-0.4, -0.2) is 26.8 Å². The van der Waals surface area contributed by atoms with Crippen molar-refractivity contribution in [1.29, 1.82) is 0 Å². The SMILES string of the molecule is COCCNCC1(Cc2ccc(Br)cc2Cl)CCCCC1. The van der Waals surface area contributed by atoms with Crippen LogP contribution in [0.4, 0.5) is 0 Å². The maximum Gasteiger partial charge on any atom is 0.0587 e. The summed E-state index contributed by atoms with van der Waals surface area (Å²) >= 11 is 9.91. The minimum Gasteiger partial charge on any atom is -0.383 e. The second-order valence-corrected chi connectivity index (χ2v) is 7.47. The van der Waals surface area contributed by atoms with Gasteiger partial charge in [0.2, 0.25) is 0 Å². The fourth-order valence-corrected chi connectivity index (χ4v) is 4.05. The van der Waals surface area contributed by atoms with Crippen LogP contribution in [0.15, 0.2) is 22.7 Å². The van der Waals surface area contributed by atoms with Gasteiger partial charge in [-0.05, 0) is 42.4 Å². The van der Waals surface area contributed by atoms with E-state index >= 15 is 0 Å². The van der Waals surface area contributed by atoms with Crippen LogP contribution < -0.4 is 5.32 Å². The van der Waals surface area contributed by atoms with Crippen molar-refractivity contribution in [2.75, 3.05) is 26.8 Å². The van der Waals surface area contributed by atoms with Crippen molar-refractivity contribution < 1.29 is 4.74 Å². The molecule has 0 aliphatic heterocycles. The Kier molecular flexibility index (Phi) is 7.00. The molecule has 2 rings (SSSR count). The molecule has 2 nitrogen and oxygen atoms in total. The maximum absolute atomic E-state index is 6.42. The summed E-state index contributed by atoms with van der Waals surface area (Å²) in [5, 5.41) is 4.45. The number of hydrogen-bond acceptors (Lipinski definition) is 2. The summed E-state index contributed by atoms with van der Waals surface area (Å²) in [5.74, 6) is 0. The van der Waals surface area contributed by atoms with Gasteiger partial charge in [0.05, 0.1) is 6.61 Å². The fraction of sp³-hybridized carbons (Fsp3) is 0.647. The van der Waals surface area contributed by atoms with Crippen LogP contribution in [0.25, 0.3) is 0 Å². The molecule has 0 radical (unpaired) electrons. The third kappa shape index (κ3) is 5.24. The summed E-state index contributed by atoms with van der Waals surface area (Å²) in [7, 11) is 1.75. The van der Waals surface area contributed by atoms with E-state index in [2.05, 4.69) is 33.4 Å². The van der Waals surface area contributed by atoms with Crippen LogP contribution in [0.2, 0.25) is 5.02 Å². The molecular weight excluding hydrogens is 350 g/mol. The van der Waals surface area contributed by atoms with E-state index in [1.807, 2.05) is 6.07 Å². The highest BCUT2D eigenvalue weighted by atomic mass is 79.9. The summed E-state index contributed by atoms with van der Waals surface area (Å²) in [6.07, 6.45) is 7.69. The van der Waals surface area contributed by atoms with Crippen LogP contribution in [0, 0.1) is 5.41 Å². The van der Waals surface area contributed by atoms with Crippen molar-refractivity contribution in [2.45, 2.75) is 38.5 Å². The highest BCUT2D eigenvalue weighted by molar-refractivity contribution is 9.10. The third-order valence-electron chi connectivity index (χ3n) is 4.48. The summed E-state index contributed by atoms with van der Waals surface area (Å²) in [6.45, 7) is 2.75. The zero-order valence-electron chi connectivity index (χ0n) is 12.8. The van der Waals surface area contributed by atoms with Gasteiger partial charge >= 0.3 is 0 Å². The smallest absolute Gasteiger partial charge is 0.0587 e. The lowest BCUT2D eigenvalue weighted by atomic mass is 9.70. The Labute approximate surface area is 141 Å². The average Bonchev–Trinajstić information content (AvgIpc) is 2.48. The van der Waals surface area contributed by atoms with Gasteiger partial charge in [-0.1, -0.05) is 52.9 Å². The van der Waals surface area contributed by atoms with Gasteiger partial charge in [-0.15, -0.1) is 0 Å². The van der Waals surface area contributed by atoms with E-state index in [-0.39, 0.29) is 0 Å². The van der Waals surface area contributed by atoms with Crippen LogP contribution in [0.5, 0.6) is 0 Å². The lowest BCUT2D eigenvalue weighted by Crippen LogP contribution is -2.39. The van der Waals surface area contributed by atoms with Gasteiger partial charge in [-0.25, -0.2) is 0 Å². The van der Waals surface area contributed by atoms with Gasteiger partial charge in [-0.3, -0.25) is 0 Å². The van der Waals surface area contributed by atoms with Crippen molar-refractivity contribution >= 4 is 27.5 Å². The van der Waals surface area contributed by atoms with E-state index < -0.39 is 0 Å². The highest BCUT2D eigenvalue weighted by Gasteiger charge is 2.32. The molecule has 0 heterocycles. The number of nitrogens with one attached hydrogen (secondary N) is 1. The first-order valence-electron chi connectivity index (χ1n) is 7.79. The molecule has 0 bridgehead atoms. The molecule has 0 amide bonds. The predicted molar refractivity (Wildman–Crippen MR) is 93.1 cm³/mol. The Morgan fingerprint density at radius 1 is 1.29 bits per heavy atom. The van der Waals surface area contributed by atoms with Crippen molar-refractivity contribution in [2.24, 2.45) is 5.41 Å². The molecule has 1 aliphatic carbocycles. The van der Waals surface area contributed by atoms with Crippen molar-refractivity contribution in [3.05, 3.63) is 33.3 Å². The second kappa shape index (κ2) is 8.52. The summed E-state index contributed by atoms with van der Waals surface area (Å²) in [5.41, 5.74) is 1.62. The van der Waals surface area contributed by atoms with Crippen molar-refractivity contribution in [3.63, 3.8) is 0 Å². The summed E-state index contributed by atoms with van der Waals surface area (Å²) in [4.78, 5) is 0. The minimum absolute atomic E-state index is 0.351. The molecule has 1 saturated carbocycles. The van der Waals surface area contributed by atoms with E-state index in [9.17, 15) is 0 Å². The number of rotatable bonds is 7. The van der Waals surface area contributed by atoms with E-state index in [1.165, 1.54) is 37.7 Å². The molecule has 0 unspecified atom stereocenters. The number of ether oxygens (including phenoxy) is 1. The standard InChI is InChI=1S/C17H25BrClNO/c1-21-10-9-20-13-17(7-3-2-4-8-17)12-14-5-6-15(18)11-16(14)19/h5-6,11,20H,2-4,7-10,12-13H2,1H3. The Morgan fingerprint density at radius 3 is 2.71 bits per heavy atom. The highest BCUT2D eigenvalue weighted by Crippen LogP contribution is 2.40. The molecule has 0 saturated heterocycles. The van der Waals surface area contributed by atoms with E-state index in [4.69, 9.17) is 16.3 Å². The summed E-state index contributed by atoms with van der Waals surface area (Å²) < 4.78 is 6.17. The molecule has 4 heteroatoms. The first kappa shape index (κ1) is 17.3. The Bertz CT molecular complexity index is 446.